The summed E-state index contributed by atoms with van der Waals surface area (Å²) in [4.78, 5) is 0. The topological polar surface area (TPSA) is 96.1 Å². The number of H-pyrrole nitrogens is 1. The number of aromatic amines is 1. The standard InChI is InChI=1S/C11H22N4O3S/c1-3-5-12-8-10-9-13-15-11(10)19(16,17)14-6-7-18-4-2/h9,12,14H,3-8H2,1-2H3,(H,13,15). The first kappa shape index (κ1) is 16.1. The number of sulfonamides is 1. The zero-order chi connectivity index (χ0) is 14.1. The minimum atomic E-state index is -3.55. The molecule has 7 nitrogen and oxygen atoms in total. The van der Waals surface area contributed by atoms with Gasteiger partial charge in [0, 0.05) is 25.3 Å². The van der Waals surface area contributed by atoms with Crippen molar-refractivity contribution >= 4 is 10.0 Å². The van der Waals surface area contributed by atoms with Gasteiger partial charge in [0.2, 0.25) is 0 Å². The number of ether oxygens (including phenoxy) is 1. The highest BCUT2D eigenvalue weighted by Crippen LogP contribution is 2.11. The lowest BCUT2D eigenvalue weighted by atomic mass is 10.3. The molecule has 0 aliphatic heterocycles. The lowest BCUT2D eigenvalue weighted by Gasteiger charge is -2.07. The fraction of sp³-hybridized carbons (Fsp3) is 0.727. The van der Waals surface area contributed by atoms with E-state index in [1.165, 1.54) is 6.20 Å². The predicted molar refractivity (Wildman–Crippen MR) is 72.3 cm³/mol. The highest BCUT2D eigenvalue weighted by molar-refractivity contribution is 7.89. The molecule has 0 saturated carbocycles. The van der Waals surface area contributed by atoms with E-state index in [1.807, 2.05) is 6.92 Å². The van der Waals surface area contributed by atoms with Gasteiger partial charge in [0.1, 0.15) is 0 Å². The Morgan fingerprint density at radius 1 is 1.37 bits per heavy atom. The number of aromatic nitrogens is 2. The largest absolute Gasteiger partial charge is 0.380 e. The SMILES string of the molecule is CCCNCc1cn[nH]c1S(=O)(=O)NCCOCC. The van der Waals surface area contributed by atoms with E-state index in [0.29, 0.717) is 25.3 Å². The minimum absolute atomic E-state index is 0.118. The molecule has 0 atom stereocenters. The third-order valence-corrected chi connectivity index (χ3v) is 3.91. The molecule has 0 spiro atoms. The molecule has 1 rings (SSSR count). The van der Waals surface area contributed by atoms with Crippen molar-refractivity contribution in [2.75, 3.05) is 26.3 Å². The van der Waals surface area contributed by atoms with Crippen LogP contribution in [-0.4, -0.2) is 44.9 Å². The summed E-state index contributed by atoms with van der Waals surface area (Å²) in [5, 5.41) is 9.60. The monoisotopic (exact) mass is 290 g/mol. The van der Waals surface area contributed by atoms with Crippen molar-refractivity contribution < 1.29 is 13.2 Å². The van der Waals surface area contributed by atoms with E-state index in [-0.39, 0.29) is 11.6 Å². The maximum atomic E-state index is 12.0. The van der Waals surface area contributed by atoms with Gasteiger partial charge in [-0.1, -0.05) is 6.92 Å². The zero-order valence-corrected chi connectivity index (χ0v) is 12.2. The zero-order valence-electron chi connectivity index (χ0n) is 11.4. The predicted octanol–water partition coefficient (Wildman–Crippen LogP) is 0.224. The van der Waals surface area contributed by atoms with Crippen LogP contribution in [0.4, 0.5) is 0 Å². The van der Waals surface area contributed by atoms with Crippen molar-refractivity contribution in [3.8, 4) is 0 Å². The Morgan fingerprint density at radius 3 is 2.84 bits per heavy atom. The first-order chi connectivity index (χ1) is 9.11. The summed E-state index contributed by atoms with van der Waals surface area (Å²) in [5.74, 6) is 0. The van der Waals surface area contributed by atoms with E-state index in [9.17, 15) is 8.42 Å². The second-order valence-electron chi connectivity index (χ2n) is 4.00. The molecular weight excluding hydrogens is 268 g/mol. The average Bonchev–Trinajstić information content (AvgIpc) is 2.84. The minimum Gasteiger partial charge on any atom is -0.380 e. The van der Waals surface area contributed by atoms with Crippen LogP contribution in [0.15, 0.2) is 11.2 Å². The number of nitrogens with zero attached hydrogens (tertiary/aromatic N) is 1. The van der Waals surface area contributed by atoms with Gasteiger partial charge in [-0.3, -0.25) is 5.10 Å². The highest BCUT2D eigenvalue weighted by Gasteiger charge is 2.19. The average molecular weight is 290 g/mol. The third-order valence-electron chi connectivity index (χ3n) is 2.43. The number of nitrogens with one attached hydrogen (secondary N) is 3. The molecule has 8 heteroatoms. The van der Waals surface area contributed by atoms with E-state index >= 15 is 0 Å². The van der Waals surface area contributed by atoms with Gasteiger partial charge in [-0.25, -0.2) is 13.1 Å². The molecule has 1 aromatic heterocycles. The summed E-state index contributed by atoms with van der Waals surface area (Å²) in [6, 6.07) is 0. The van der Waals surface area contributed by atoms with Gasteiger partial charge in [-0.05, 0) is 19.9 Å². The Kier molecular flexibility index (Phi) is 7.00. The summed E-state index contributed by atoms with van der Waals surface area (Å²) in [6.45, 7) is 6.40. The molecular formula is C11H22N4O3S. The fourth-order valence-corrected chi connectivity index (χ4v) is 2.66. The van der Waals surface area contributed by atoms with Gasteiger partial charge in [0.15, 0.2) is 5.03 Å². The molecule has 3 N–H and O–H groups in total. The lowest BCUT2D eigenvalue weighted by molar-refractivity contribution is 0.153. The second-order valence-corrected chi connectivity index (χ2v) is 5.70. The van der Waals surface area contributed by atoms with Gasteiger partial charge < -0.3 is 10.1 Å². The van der Waals surface area contributed by atoms with E-state index in [4.69, 9.17) is 4.74 Å². The molecule has 0 aromatic carbocycles. The Hall–Kier alpha value is -0.960. The Bertz CT molecular complexity index is 458. The van der Waals surface area contributed by atoms with Crippen molar-refractivity contribution in [2.45, 2.75) is 31.8 Å². The quantitative estimate of drug-likeness (QED) is 0.536. The van der Waals surface area contributed by atoms with E-state index in [2.05, 4.69) is 27.2 Å². The molecule has 0 radical (unpaired) electrons. The normalized spacial score (nSPS) is 11.9. The van der Waals surface area contributed by atoms with Crippen LogP contribution < -0.4 is 10.0 Å². The van der Waals surface area contributed by atoms with Gasteiger partial charge in [-0.15, -0.1) is 0 Å². The Labute approximate surface area is 114 Å². The van der Waals surface area contributed by atoms with Crippen molar-refractivity contribution in [3.05, 3.63) is 11.8 Å². The molecule has 1 aromatic rings. The number of hydrogen-bond donors (Lipinski definition) is 3. The summed E-state index contributed by atoms with van der Waals surface area (Å²) in [5.41, 5.74) is 0.636. The van der Waals surface area contributed by atoms with Crippen molar-refractivity contribution in [2.24, 2.45) is 0 Å². The third kappa shape index (κ3) is 5.27. The molecule has 19 heavy (non-hydrogen) atoms. The Morgan fingerprint density at radius 2 is 2.16 bits per heavy atom. The molecule has 0 unspecified atom stereocenters. The van der Waals surface area contributed by atoms with Crippen LogP contribution in [0.2, 0.25) is 0 Å². The van der Waals surface area contributed by atoms with Crippen molar-refractivity contribution in [1.82, 2.24) is 20.2 Å². The maximum Gasteiger partial charge on any atom is 0.257 e. The van der Waals surface area contributed by atoms with E-state index < -0.39 is 10.0 Å². The van der Waals surface area contributed by atoms with Crippen molar-refractivity contribution in [3.63, 3.8) is 0 Å². The molecule has 110 valence electrons. The lowest BCUT2D eigenvalue weighted by Crippen LogP contribution is -2.29. The van der Waals surface area contributed by atoms with Crippen LogP contribution in [0.5, 0.6) is 0 Å². The molecule has 0 fully saturated rings. The van der Waals surface area contributed by atoms with Gasteiger partial charge in [-0.2, -0.15) is 5.10 Å². The molecule has 0 aliphatic carbocycles. The van der Waals surface area contributed by atoms with Crippen LogP contribution in [0.25, 0.3) is 0 Å². The van der Waals surface area contributed by atoms with Crippen LogP contribution >= 0.6 is 0 Å². The first-order valence-electron chi connectivity index (χ1n) is 6.42. The van der Waals surface area contributed by atoms with Crippen LogP contribution in [-0.2, 0) is 21.3 Å². The van der Waals surface area contributed by atoms with Gasteiger partial charge in [0.05, 0.1) is 12.8 Å². The summed E-state index contributed by atoms with van der Waals surface area (Å²) < 4.78 is 31.7. The number of rotatable bonds is 10. The Balaban J connectivity index is 2.59. The number of hydrogen-bond acceptors (Lipinski definition) is 5. The summed E-state index contributed by atoms with van der Waals surface area (Å²) in [6.07, 6.45) is 2.52. The highest BCUT2D eigenvalue weighted by atomic mass is 32.2. The van der Waals surface area contributed by atoms with E-state index in [0.717, 1.165) is 13.0 Å². The fourth-order valence-electron chi connectivity index (χ4n) is 1.52. The first-order valence-corrected chi connectivity index (χ1v) is 7.90. The molecule has 0 bridgehead atoms. The van der Waals surface area contributed by atoms with Gasteiger partial charge >= 0.3 is 0 Å². The molecule has 0 aliphatic rings. The van der Waals surface area contributed by atoms with E-state index in [1.54, 1.807) is 0 Å². The van der Waals surface area contributed by atoms with Crippen LogP contribution in [0.1, 0.15) is 25.8 Å². The van der Waals surface area contributed by atoms with Crippen LogP contribution in [0, 0.1) is 0 Å². The molecule has 0 amide bonds. The molecule has 0 saturated heterocycles. The van der Waals surface area contributed by atoms with Crippen LogP contribution in [0.3, 0.4) is 0 Å². The summed E-state index contributed by atoms with van der Waals surface area (Å²) >= 11 is 0. The summed E-state index contributed by atoms with van der Waals surface area (Å²) in [7, 11) is -3.55. The smallest absolute Gasteiger partial charge is 0.257 e. The molecule has 1 heterocycles. The van der Waals surface area contributed by atoms with Gasteiger partial charge in [0.25, 0.3) is 10.0 Å². The maximum absolute atomic E-state index is 12.0. The second kappa shape index (κ2) is 8.26. The van der Waals surface area contributed by atoms with Crippen molar-refractivity contribution in [1.29, 1.82) is 0 Å².